The zero-order valence-electron chi connectivity index (χ0n) is 17.2. The fourth-order valence-electron chi connectivity index (χ4n) is 2.53. The van der Waals surface area contributed by atoms with E-state index < -0.39 is 15.8 Å². The number of rotatable bonds is 6. The lowest BCUT2D eigenvalue weighted by Gasteiger charge is -2.18. The zero-order chi connectivity index (χ0) is 21.8. The summed E-state index contributed by atoms with van der Waals surface area (Å²) in [5.41, 5.74) is 2.98. The van der Waals surface area contributed by atoms with Crippen LogP contribution in [0.2, 0.25) is 0 Å². The van der Waals surface area contributed by atoms with Crippen LogP contribution in [0.3, 0.4) is 0 Å². The Morgan fingerprint density at radius 1 is 1.24 bits per heavy atom. The van der Waals surface area contributed by atoms with Crippen LogP contribution in [0, 0.1) is 5.82 Å². The first-order chi connectivity index (χ1) is 13.3. The molecule has 0 saturated carbocycles. The van der Waals surface area contributed by atoms with E-state index in [0.29, 0.717) is 5.56 Å². The van der Waals surface area contributed by atoms with Crippen molar-refractivity contribution in [2.24, 2.45) is 0 Å². The van der Waals surface area contributed by atoms with Gasteiger partial charge < -0.3 is 5.32 Å². The summed E-state index contributed by atoms with van der Waals surface area (Å²) in [6.07, 6.45) is 4.03. The van der Waals surface area contributed by atoms with Gasteiger partial charge in [0, 0.05) is 29.3 Å². The standard InChI is InChI=1S/C20H25BFN3O3S/c1-20(2,3)17-9-6-14(19(21)24-17)7-10-18(26)23-12-13-5-8-16(15(22)11-13)25-29(4,27)28/h5-11,25H,12,21H2,1-4H3,(H,23,26)/b10-7+. The van der Waals surface area contributed by atoms with E-state index in [1.807, 2.05) is 20.0 Å². The number of amides is 1. The summed E-state index contributed by atoms with van der Waals surface area (Å²) in [7, 11) is -1.67. The van der Waals surface area contributed by atoms with E-state index >= 15 is 0 Å². The maximum absolute atomic E-state index is 14.0. The van der Waals surface area contributed by atoms with Crippen molar-refractivity contribution in [3.8, 4) is 0 Å². The van der Waals surface area contributed by atoms with Gasteiger partial charge >= 0.3 is 0 Å². The molecule has 0 radical (unpaired) electrons. The first kappa shape index (κ1) is 22.6. The predicted molar refractivity (Wildman–Crippen MR) is 117 cm³/mol. The van der Waals surface area contributed by atoms with Crippen molar-refractivity contribution in [1.82, 2.24) is 10.3 Å². The highest BCUT2D eigenvalue weighted by molar-refractivity contribution is 7.92. The molecular formula is C20H25BFN3O3S. The predicted octanol–water partition coefficient (Wildman–Crippen LogP) is 1.48. The summed E-state index contributed by atoms with van der Waals surface area (Å²) in [5.74, 6) is -1.04. The summed E-state index contributed by atoms with van der Waals surface area (Å²) in [4.78, 5) is 16.6. The number of benzene rings is 1. The van der Waals surface area contributed by atoms with Crippen molar-refractivity contribution in [2.45, 2.75) is 32.7 Å². The van der Waals surface area contributed by atoms with Crippen LogP contribution in [0.25, 0.3) is 6.08 Å². The molecule has 0 aliphatic heterocycles. The minimum Gasteiger partial charge on any atom is -0.348 e. The minimum atomic E-state index is -3.56. The van der Waals surface area contributed by atoms with Gasteiger partial charge in [0.25, 0.3) is 0 Å². The number of hydrogen-bond acceptors (Lipinski definition) is 4. The Labute approximate surface area is 172 Å². The highest BCUT2D eigenvalue weighted by Crippen LogP contribution is 2.19. The van der Waals surface area contributed by atoms with Gasteiger partial charge in [0.15, 0.2) is 7.85 Å². The molecule has 0 atom stereocenters. The second-order valence-electron chi connectivity index (χ2n) is 7.86. The van der Waals surface area contributed by atoms with Gasteiger partial charge in [-0.15, -0.1) is 0 Å². The topological polar surface area (TPSA) is 88.2 Å². The van der Waals surface area contributed by atoms with Gasteiger partial charge in [-0.25, -0.2) is 12.8 Å². The van der Waals surface area contributed by atoms with E-state index in [4.69, 9.17) is 0 Å². The zero-order valence-corrected chi connectivity index (χ0v) is 18.0. The van der Waals surface area contributed by atoms with Crippen molar-refractivity contribution in [2.75, 3.05) is 11.0 Å². The van der Waals surface area contributed by atoms with Crippen molar-refractivity contribution in [3.05, 3.63) is 59.0 Å². The Bertz CT molecular complexity index is 1050. The number of nitrogens with zero attached hydrogens (tertiary/aromatic N) is 1. The van der Waals surface area contributed by atoms with Crippen LogP contribution in [-0.2, 0) is 26.8 Å². The number of sulfonamides is 1. The first-order valence-electron chi connectivity index (χ1n) is 9.05. The summed E-state index contributed by atoms with van der Waals surface area (Å²) in [5, 5.41) is 2.67. The molecule has 1 aromatic heterocycles. The van der Waals surface area contributed by atoms with Gasteiger partial charge in [0.2, 0.25) is 15.9 Å². The molecule has 1 amide bonds. The molecule has 6 nitrogen and oxygen atoms in total. The van der Waals surface area contributed by atoms with Crippen LogP contribution >= 0.6 is 0 Å². The average Bonchev–Trinajstić information content (AvgIpc) is 2.59. The SMILES string of the molecule is Bc1nc(C(C)(C)C)ccc1/C=C/C(=O)NCc1ccc(NS(C)(=O)=O)c(F)c1. The summed E-state index contributed by atoms with van der Waals surface area (Å²) in [6, 6.07) is 7.91. The Balaban J connectivity index is 1.99. The highest BCUT2D eigenvalue weighted by atomic mass is 32.2. The van der Waals surface area contributed by atoms with Gasteiger partial charge in [-0.3, -0.25) is 14.5 Å². The normalized spacial score (nSPS) is 12.2. The monoisotopic (exact) mass is 417 g/mol. The lowest BCUT2D eigenvalue weighted by molar-refractivity contribution is -0.116. The lowest BCUT2D eigenvalue weighted by Crippen LogP contribution is -2.22. The Kier molecular flexibility index (Phi) is 6.84. The second kappa shape index (κ2) is 8.77. The van der Waals surface area contributed by atoms with Crippen LogP contribution in [-0.4, -0.2) is 33.4 Å². The largest absolute Gasteiger partial charge is 0.348 e. The van der Waals surface area contributed by atoms with E-state index in [2.05, 4.69) is 35.8 Å². The number of aromatic nitrogens is 1. The minimum absolute atomic E-state index is 0.0496. The van der Waals surface area contributed by atoms with Crippen molar-refractivity contribution in [3.63, 3.8) is 0 Å². The molecule has 2 N–H and O–H groups in total. The van der Waals surface area contributed by atoms with Crippen molar-refractivity contribution >= 4 is 41.1 Å². The highest BCUT2D eigenvalue weighted by Gasteiger charge is 2.15. The lowest BCUT2D eigenvalue weighted by atomic mass is 9.88. The molecule has 0 spiro atoms. The van der Waals surface area contributed by atoms with E-state index in [1.54, 1.807) is 12.1 Å². The van der Waals surface area contributed by atoms with E-state index in [1.165, 1.54) is 18.2 Å². The second-order valence-corrected chi connectivity index (χ2v) is 9.61. The van der Waals surface area contributed by atoms with Gasteiger partial charge in [-0.1, -0.05) is 32.9 Å². The van der Waals surface area contributed by atoms with Crippen molar-refractivity contribution < 1.29 is 17.6 Å². The molecule has 1 aromatic carbocycles. The number of pyridine rings is 1. The number of carbonyl (C=O) groups excluding carboxylic acids is 1. The Morgan fingerprint density at radius 3 is 2.48 bits per heavy atom. The molecule has 0 saturated heterocycles. The summed E-state index contributed by atoms with van der Waals surface area (Å²) >= 11 is 0. The number of halogens is 1. The number of anilines is 1. The molecule has 2 aromatic rings. The molecule has 0 aliphatic rings. The van der Waals surface area contributed by atoms with E-state index in [0.717, 1.165) is 23.1 Å². The maximum Gasteiger partial charge on any atom is 0.244 e. The molecular weight excluding hydrogens is 392 g/mol. The fraction of sp³-hybridized carbons (Fsp3) is 0.300. The number of carbonyl (C=O) groups is 1. The van der Waals surface area contributed by atoms with Crippen LogP contribution in [0.5, 0.6) is 0 Å². The van der Waals surface area contributed by atoms with Gasteiger partial charge in [0.1, 0.15) is 5.82 Å². The average molecular weight is 417 g/mol. The molecule has 0 unspecified atom stereocenters. The van der Waals surface area contributed by atoms with E-state index in [9.17, 15) is 17.6 Å². The molecule has 0 bridgehead atoms. The summed E-state index contributed by atoms with van der Waals surface area (Å²) in [6.45, 7) is 6.37. The maximum atomic E-state index is 14.0. The molecule has 154 valence electrons. The van der Waals surface area contributed by atoms with Gasteiger partial charge in [-0.2, -0.15) is 0 Å². The third-order valence-corrected chi connectivity index (χ3v) is 4.70. The molecule has 29 heavy (non-hydrogen) atoms. The van der Waals surface area contributed by atoms with Gasteiger partial charge in [-0.05, 0) is 35.4 Å². The molecule has 0 fully saturated rings. The van der Waals surface area contributed by atoms with Crippen LogP contribution < -0.4 is 15.6 Å². The van der Waals surface area contributed by atoms with Crippen LogP contribution in [0.15, 0.2) is 36.4 Å². The summed E-state index contributed by atoms with van der Waals surface area (Å²) < 4.78 is 38.4. The Hall–Kier alpha value is -2.68. The fourth-order valence-corrected chi connectivity index (χ4v) is 3.10. The number of nitrogens with one attached hydrogen (secondary N) is 2. The van der Waals surface area contributed by atoms with Crippen LogP contribution in [0.4, 0.5) is 10.1 Å². The van der Waals surface area contributed by atoms with Gasteiger partial charge in [0.05, 0.1) is 11.9 Å². The Morgan fingerprint density at radius 2 is 1.93 bits per heavy atom. The number of hydrogen-bond donors (Lipinski definition) is 2. The molecule has 2 rings (SSSR count). The third kappa shape index (κ3) is 7.01. The van der Waals surface area contributed by atoms with E-state index in [-0.39, 0.29) is 23.6 Å². The quantitative estimate of drug-likeness (QED) is 0.551. The smallest absolute Gasteiger partial charge is 0.244 e. The first-order valence-corrected chi connectivity index (χ1v) is 10.9. The molecule has 1 heterocycles. The molecule has 0 aliphatic carbocycles. The molecule has 9 heteroatoms. The van der Waals surface area contributed by atoms with Crippen molar-refractivity contribution in [1.29, 1.82) is 0 Å². The third-order valence-electron chi connectivity index (χ3n) is 4.10. The van der Waals surface area contributed by atoms with Crippen LogP contribution in [0.1, 0.15) is 37.6 Å².